The highest BCUT2D eigenvalue weighted by atomic mass is 32.2. The van der Waals surface area contributed by atoms with Gasteiger partial charge in [0.15, 0.2) is 0 Å². The summed E-state index contributed by atoms with van der Waals surface area (Å²) in [7, 11) is 0. The highest BCUT2D eigenvalue weighted by Crippen LogP contribution is 2.02. The van der Waals surface area contributed by atoms with Crippen molar-refractivity contribution in [3.8, 4) is 0 Å². The molecule has 0 spiro atoms. The van der Waals surface area contributed by atoms with Gasteiger partial charge in [0.1, 0.15) is 6.04 Å². The minimum atomic E-state index is -0.944. The van der Waals surface area contributed by atoms with Crippen LogP contribution in [-0.2, 0) is 9.53 Å². The molecule has 0 aliphatic rings. The first-order valence-electron chi connectivity index (χ1n) is 4.68. The third-order valence-electron chi connectivity index (χ3n) is 1.44. The van der Waals surface area contributed by atoms with Crippen molar-refractivity contribution in [1.29, 1.82) is 0 Å². The van der Waals surface area contributed by atoms with Crippen LogP contribution in [0.25, 0.3) is 0 Å². The van der Waals surface area contributed by atoms with Gasteiger partial charge in [0.2, 0.25) is 0 Å². The molecule has 1 atom stereocenters. The van der Waals surface area contributed by atoms with E-state index in [0.29, 0.717) is 18.3 Å². The van der Waals surface area contributed by atoms with E-state index >= 15 is 0 Å². The van der Waals surface area contributed by atoms with Crippen LogP contribution in [0.1, 0.15) is 13.8 Å². The largest absolute Gasteiger partial charge is 0.480 e. The van der Waals surface area contributed by atoms with Crippen molar-refractivity contribution in [3.05, 3.63) is 0 Å². The molecule has 84 valence electrons. The van der Waals surface area contributed by atoms with Crippen LogP contribution in [0, 0.1) is 5.92 Å². The number of hydrogen-bond donors (Lipinski definition) is 2. The van der Waals surface area contributed by atoms with Gasteiger partial charge in [-0.2, -0.15) is 11.8 Å². The van der Waals surface area contributed by atoms with Crippen LogP contribution in [0.3, 0.4) is 0 Å². The molecule has 0 saturated heterocycles. The lowest BCUT2D eigenvalue weighted by atomic mass is 10.2. The maximum atomic E-state index is 10.3. The number of rotatable bonds is 8. The molecule has 0 amide bonds. The molecule has 0 fully saturated rings. The zero-order chi connectivity index (χ0) is 11.0. The third-order valence-corrected chi connectivity index (χ3v) is 2.49. The SMILES string of the molecule is CC(C)COCCSC[C@H](N)C(=O)O. The molecular formula is C9H19NO3S. The number of aliphatic carboxylic acids is 1. The average Bonchev–Trinajstić information content (AvgIpc) is 2.09. The van der Waals surface area contributed by atoms with Crippen molar-refractivity contribution < 1.29 is 14.6 Å². The first-order valence-corrected chi connectivity index (χ1v) is 5.83. The van der Waals surface area contributed by atoms with Gasteiger partial charge in [-0.15, -0.1) is 0 Å². The molecule has 0 aromatic heterocycles. The van der Waals surface area contributed by atoms with E-state index in [9.17, 15) is 4.79 Å². The molecule has 0 aromatic rings. The van der Waals surface area contributed by atoms with E-state index < -0.39 is 12.0 Å². The first kappa shape index (κ1) is 13.7. The topological polar surface area (TPSA) is 72.5 Å². The third kappa shape index (κ3) is 8.34. The number of nitrogens with two attached hydrogens (primary N) is 1. The summed E-state index contributed by atoms with van der Waals surface area (Å²) in [5.41, 5.74) is 5.32. The lowest BCUT2D eigenvalue weighted by Gasteiger charge is -2.07. The van der Waals surface area contributed by atoms with Crippen molar-refractivity contribution in [3.63, 3.8) is 0 Å². The molecule has 0 aliphatic carbocycles. The molecule has 4 nitrogen and oxygen atoms in total. The summed E-state index contributed by atoms with van der Waals surface area (Å²) in [6.45, 7) is 5.60. The molecule has 0 aromatic carbocycles. The minimum absolute atomic E-state index is 0.445. The number of hydrogen-bond acceptors (Lipinski definition) is 4. The number of carbonyl (C=O) groups is 1. The fraction of sp³-hybridized carbons (Fsp3) is 0.889. The summed E-state index contributed by atoms with van der Waals surface area (Å²) in [5.74, 6) is 0.843. The summed E-state index contributed by atoms with van der Waals surface area (Å²) < 4.78 is 5.33. The van der Waals surface area contributed by atoms with Crippen molar-refractivity contribution in [2.45, 2.75) is 19.9 Å². The smallest absolute Gasteiger partial charge is 0.321 e. The van der Waals surface area contributed by atoms with Gasteiger partial charge in [-0.3, -0.25) is 4.79 Å². The Bertz CT molecular complexity index is 164. The van der Waals surface area contributed by atoms with Crippen molar-refractivity contribution in [2.24, 2.45) is 11.7 Å². The second-order valence-corrected chi connectivity index (χ2v) is 4.64. The zero-order valence-corrected chi connectivity index (χ0v) is 9.55. The van der Waals surface area contributed by atoms with Crippen molar-refractivity contribution in [1.82, 2.24) is 0 Å². The maximum absolute atomic E-state index is 10.3. The van der Waals surface area contributed by atoms with Crippen LogP contribution in [0.5, 0.6) is 0 Å². The van der Waals surface area contributed by atoms with Crippen LogP contribution in [-0.4, -0.2) is 41.8 Å². The van der Waals surface area contributed by atoms with Crippen LogP contribution in [0.2, 0.25) is 0 Å². The second kappa shape index (κ2) is 8.08. The van der Waals surface area contributed by atoms with Gasteiger partial charge >= 0.3 is 5.97 Å². The number of thioether (sulfide) groups is 1. The van der Waals surface area contributed by atoms with Crippen LogP contribution in [0.15, 0.2) is 0 Å². The van der Waals surface area contributed by atoms with Crippen LogP contribution in [0.4, 0.5) is 0 Å². The van der Waals surface area contributed by atoms with E-state index in [1.54, 1.807) is 0 Å². The van der Waals surface area contributed by atoms with E-state index in [1.807, 2.05) is 0 Å². The van der Waals surface area contributed by atoms with Gasteiger partial charge in [-0.25, -0.2) is 0 Å². The predicted octanol–water partition coefficient (Wildman–Crippen LogP) is 0.804. The molecule has 14 heavy (non-hydrogen) atoms. The van der Waals surface area contributed by atoms with E-state index in [0.717, 1.165) is 12.4 Å². The molecule has 0 rings (SSSR count). The fourth-order valence-corrected chi connectivity index (χ4v) is 1.52. The highest BCUT2D eigenvalue weighted by molar-refractivity contribution is 7.99. The minimum Gasteiger partial charge on any atom is -0.480 e. The van der Waals surface area contributed by atoms with E-state index in [4.69, 9.17) is 15.6 Å². The normalized spacial score (nSPS) is 13.1. The maximum Gasteiger partial charge on any atom is 0.321 e. The molecular weight excluding hydrogens is 202 g/mol. The summed E-state index contributed by atoms with van der Waals surface area (Å²) in [4.78, 5) is 10.3. The van der Waals surface area contributed by atoms with Crippen molar-refractivity contribution >= 4 is 17.7 Å². The van der Waals surface area contributed by atoms with Gasteiger partial charge in [-0.05, 0) is 5.92 Å². The molecule has 0 bridgehead atoms. The standard InChI is InChI=1S/C9H19NO3S/c1-7(2)5-13-3-4-14-6-8(10)9(11)12/h7-8H,3-6,10H2,1-2H3,(H,11,12)/t8-/m0/s1. The predicted molar refractivity (Wildman–Crippen MR) is 58.6 cm³/mol. The summed E-state index contributed by atoms with van der Waals surface area (Å²) in [6, 6.07) is -0.759. The molecule has 0 heterocycles. The van der Waals surface area contributed by atoms with Gasteiger partial charge in [0.25, 0.3) is 0 Å². The first-order chi connectivity index (χ1) is 6.54. The fourth-order valence-electron chi connectivity index (χ4n) is 0.718. The molecule has 0 aliphatic heterocycles. The Morgan fingerprint density at radius 3 is 2.71 bits per heavy atom. The Morgan fingerprint density at radius 1 is 1.57 bits per heavy atom. The number of carboxylic acid groups (broad SMARTS) is 1. The Labute approximate surface area is 89.2 Å². The summed E-state index contributed by atoms with van der Waals surface area (Å²) in [6.07, 6.45) is 0. The Morgan fingerprint density at radius 2 is 2.21 bits per heavy atom. The lowest BCUT2D eigenvalue weighted by molar-refractivity contribution is -0.137. The summed E-state index contributed by atoms with van der Waals surface area (Å²) >= 11 is 1.51. The zero-order valence-electron chi connectivity index (χ0n) is 8.73. The second-order valence-electron chi connectivity index (χ2n) is 3.49. The number of carboxylic acids is 1. The summed E-state index contributed by atoms with van der Waals surface area (Å²) in [5, 5.41) is 8.49. The van der Waals surface area contributed by atoms with Crippen molar-refractivity contribution in [2.75, 3.05) is 24.7 Å². The highest BCUT2D eigenvalue weighted by Gasteiger charge is 2.10. The van der Waals surface area contributed by atoms with Gasteiger partial charge in [-0.1, -0.05) is 13.8 Å². The number of ether oxygens (including phenoxy) is 1. The molecule has 5 heteroatoms. The molecule has 0 saturated carbocycles. The van der Waals surface area contributed by atoms with Crippen LogP contribution < -0.4 is 5.73 Å². The van der Waals surface area contributed by atoms with E-state index in [2.05, 4.69) is 13.8 Å². The lowest BCUT2D eigenvalue weighted by Crippen LogP contribution is -2.32. The molecule has 3 N–H and O–H groups in total. The Hall–Kier alpha value is -0.260. The van der Waals surface area contributed by atoms with Gasteiger partial charge in [0.05, 0.1) is 6.61 Å². The molecule has 0 radical (unpaired) electrons. The van der Waals surface area contributed by atoms with E-state index in [1.165, 1.54) is 11.8 Å². The van der Waals surface area contributed by atoms with E-state index in [-0.39, 0.29) is 0 Å². The Kier molecular flexibility index (Phi) is 7.93. The van der Waals surface area contributed by atoms with Gasteiger partial charge < -0.3 is 15.6 Å². The van der Waals surface area contributed by atoms with Gasteiger partial charge in [0, 0.05) is 18.1 Å². The monoisotopic (exact) mass is 221 g/mol. The van der Waals surface area contributed by atoms with Crippen LogP contribution >= 0.6 is 11.8 Å². The quantitative estimate of drug-likeness (QED) is 0.593. The average molecular weight is 221 g/mol. The molecule has 0 unspecified atom stereocenters. The Balaban J connectivity index is 3.17.